The van der Waals surface area contributed by atoms with E-state index in [1.807, 2.05) is 18.2 Å². The van der Waals surface area contributed by atoms with Gasteiger partial charge in [-0.3, -0.25) is 5.43 Å². The summed E-state index contributed by atoms with van der Waals surface area (Å²) in [5.41, 5.74) is 4.71. The Hall–Kier alpha value is -1.68. The summed E-state index contributed by atoms with van der Waals surface area (Å²) in [5.74, 6) is 6.54. The van der Waals surface area contributed by atoms with Crippen LogP contribution in [0.5, 0.6) is 0 Å². The normalized spacial score (nSPS) is 16.9. The summed E-state index contributed by atoms with van der Waals surface area (Å²) in [6.45, 7) is 0. The zero-order valence-corrected chi connectivity index (χ0v) is 10.4. The Kier molecular flexibility index (Phi) is 3.11. The lowest BCUT2D eigenvalue weighted by Gasteiger charge is -2.22. The van der Waals surface area contributed by atoms with Gasteiger partial charge >= 0.3 is 0 Å². The first-order valence-electron chi connectivity index (χ1n) is 6.62. The van der Waals surface area contributed by atoms with Gasteiger partial charge < -0.3 is 0 Å². The summed E-state index contributed by atoms with van der Waals surface area (Å²) < 4.78 is 0. The molecule has 1 saturated carbocycles. The average molecular weight is 242 g/mol. The van der Waals surface area contributed by atoms with Crippen LogP contribution in [0.4, 0.5) is 5.95 Å². The number of anilines is 1. The second-order valence-corrected chi connectivity index (χ2v) is 4.93. The van der Waals surface area contributed by atoms with Crippen LogP contribution in [0.15, 0.2) is 24.3 Å². The Morgan fingerprint density at radius 1 is 1.06 bits per heavy atom. The highest BCUT2D eigenvalue weighted by Gasteiger charge is 2.20. The topological polar surface area (TPSA) is 63.8 Å². The number of aromatic nitrogens is 2. The van der Waals surface area contributed by atoms with Crippen molar-refractivity contribution in [3.05, 3.63) is 30.0 Å². The van der Waals surface area contributed by atoms with Crippen LogP contribution in [-0.2, 0) is 0 Å². The van der Waals surface area contributed by atoms with E-state index in [2.05, 4.69) is 21.5 Å². The van der Waals surface area contributed by atoms with E-state index in [9.17, 15) is 0 Å². The zero-order valence-electron chi connectivity index (χ0n) is 10.4. The predicted octanol–water partition coefficient (Wildman–Crippen LogP) is 2.96. The smallest absolute Gasteiger partial charge is 0.237 e. The molecule has 4 heteroatoms. The highest BCUT2D eigenvalue weighted by atomic mass is 15.3. The molecule has 1 aromatic carbocycles. The fourth-order valence-electron chi connectivity index (χ4n) is 2.85. The SMILES string of the molecule is NNc1nc(C2CCCCC2)c2ccccc2n1. The van der Waals surface area contributed by atoms with E-state index >= 15 is 0 Å². The average Bonchev–Trinajstić information content (AvgIpc) is 2.47. The van der Waals surface area contributed by atoms with Crippen LogP contribution < -0.4 is 11.3 Å². The van der Waals surface area contributed by atoms with Crippen molar-refractivity contribution < 1.29 is 0 Å². The molecule has 1 aliphatic carbocycles. The summed E-state index contributed by atoms with van der Waals surface area (Å²) in [4.78, 5) is 9.00. The lowest BCUT2D eigenvalue weighted by Crippen LogP contribution is -2.14. The molecule has 3 N–H and O–H groups in total. The van der Waals surface area contributed by atoms with Crippen LogP contribution >= 0.6 is 0 Å². The van der Waals surface area contributed by atoms with Crippen molar-refractivity contribution in [2.24, 2.45) is 5.84 Å². The van der Waals surface area contributed by atoms with E-state index in [0.717, 1.165) is 11.2 Å². The molecule has 1 aliphatic rings. The van der Waals surface area contributed by atoms with E-state index in [0.29, 0.717) is 11.9 Å². The van der Waals surface area contributed by atoms with E-state index in [1.165, 1.54) is 37.5 Å². The van der Waals surface area contributed by atoms with E-state index in [4.69, 9.17) is 5.84 Å². The molecule has 0 spiro atoms. The molecule has 1 fully saturated rings. The summed E-state index contributed by atoms with van der Waals surface area (Å²) >= 11 is 0. The highest BCUT2D eigenvalue weighted by molar-refractivity contribution is 5.82. The molecule has 0 amide bonds. The minimum atomic E-state index is 0.522. The number of rotatable bonds is 2. The number of nitrogens with two attached hydrogens (primary N) is 1. The van der Waals surface area contributed by atoms with Crippen molar-refractivity contribution in [3.63, 3.8) is 0 Å². The second kappa shape index (κ2) is 4.90. The Bertz CT molecular complexity index is 546. The van der Waals surface area contributed by atoms with Gasteiger partial charge in [-0.15, -0.1) is 0 Å². The molecule has 4 nitrogen and oxygen atoms in total. The maximum Gasteiger partial charge on any atom is 0.237 e. The molecule has 18 heavy (non-hydrogen) atoms. The van der Waals surface area contributed by atoms with Crippen LogP contribution in [-0.4, -0.2) is 9.97 Å². The molecule has 1 heterocycles. The zero-order chi connectivity index (χ0) is 12.4. The predicted molar refractivity (Wildman–Crippen MR) is 73.2 cm³/mol. The number of nitrogen functional groups attached to an aromatic ring is 1. The van der Waals surface area contributed by atoms with Crippen LogP contribution in [0.2, 0.25) is 0 Å². The van der Waals surface area contributed by atoms with Gasteiger partial charge in [0.2, 0.25) is 5.95 Å². The standard InChI is InChI=1S/C14H18N4/c15-18-14-16-12-9-5-4-8-11(12)13(17-14)10-6-2-1-3-7-10/h4-5,8-10H,1-3,6-7,15H2,(H,16,17,18). The number of benzene rings is 1. The van der Waals surface area contributed by atoms with Gasteiger partial charge in [0.1, 0.15) is 0 Å². The first kappa shape index (κ1) is 11.4. The number of para-hydroxylation sites is 1. The highest BCUT2D eigenvalue weighted by Crippen LogP contribution is 2.35. The lowest BCUT2D eigenvalue weighted by molar-refractivity contribution is 0.439. The quantitative estimate of drug-likeness (QED) is 0.627. The summed E-state index contributed by atoms with van der Waals surface area (Å²) in [7, 11) is 0. The van der Waals surface area contributed by atoms with Crippen molar-refractivity contribution in [2.45, 2.75) is 38.0 Å². The van der Waals surface area contributed by atoms with Crippen LogP contribution in [0.3, 0.4) is 0 Å². The number of nitrogens with one attached hydrogen (secondary N) is 1. The molecule has 0 aliphatic heterocycles. The Balaban J connectivity index is 2.12. The molecule has 2 aromatic rings. The molecule has 0 saturated heterocycles. The van der Waals surface area contributed by atoms with E-state index in [1.54, 1.807) is 0 Å². The molecule has 0 bridgehead atoms. The van der Waals surface area contributed by atoms with E-state index < -0.39 is 0 Å². The Morgan fingerprint density at radius 3 is 2.61 bits per heavy atom. The van der Waals surface area contributed by atoms with Gasteiger partial charge in [-0.1, -0.05) is 37.5 Å². The summed E-state index contributed by atoms with van der Waals surface area (Å²) in [5, 5.41) is 1.17. The number of hydrogen-bond donors (Lipinski definition) is 2. The van der Waals surface area contributed by atoms with Crippen molar-refractivity contribution in [3.8, 4) is 0 Å². The maximum atomic E-state index is 5.46. The molecule has 0 atom stereocenters. The number of nitrogens with zero attached hydrogens (tertiary/aromatic N) is 2. The van der Waals surface area contributed by atoms with Gasteiger partial charge in [0.15, 0.2) is 0 Å². The molecule has 0 unspecified atom stereocenters. The van der Waals surface area contributed by atoms with Crippen molar-refractivity contribution in [1.29, 1.82) is 0 Å². The monoisotopic (exact) mass is 242 g/mol. The molecular formula is C14H18N4. The van der Waals surface area contributed by atoms with E-state index in [-0.39, 0.29) is 0 Å². The lowest BCUT2D eigenvalue weighted by atomic mass is 9.85. The fraction of sp³-hybridized carbons (Fsp3) is 0.429. The van der Waals surface area contributed by atoms with Gasteiger partial charge in [0.05, 0.1) is 11.2 Å². The van der Waals surface area contributed by atoms with Crippen molar-refractivity contribution >= 4 is 16.9 Å². The van der Waals surface area contributed by atoms with Gasteiger partial charge in [-0.05, 0) is 18.9 Å². The summed E-state index contributed by atoms with van der Waals surface area (Å²) in [6.07, 6.45) is 6.40. The Morgan fingerprint density at radius 2 is 1.83 bits per heavy atom. The van der Waals surface area contributed by atoms with Crippen LogP contribution in [0.25, 0.3) is 10.9 Å². The largest absolute Gasteiger partial charge is 0.292 e. The van der Waals surface area contributed by atoms with Crippen LogP contribution in [0.1, 0.15) is 43.7 Å². The minimum Gasteiger partial charge on any atom is -0.292 e. The molecular weight excluding hydrogens is 224 g/mol. The number of hydrogen-bond acceptors (Lipinski definition) is 4. The maximum absolute atomic E-state index is 5.46. The van der Waals surface area contributed by atoms with Gasteiger partial charge in [0, 0.05) is 11.3 Å². The first-order chi connectivity index (χ1) is 8.88. The van der Waals surface area contributed by atoms with Crippen LogP contribution in [0, 0.1) is 0 Å². The second-order valence-electron chi connectivity index (χ2n) is 4.93. The van der Waals surface area contributed by atoms with Gasteiger partial charge in [-0.2, -0.15) is 0 Å². The van der Waals surface area contributed by atoms with Gasteiger partial charge in [0.25, 0.3) is 0 Å². The Labute approximate surface area is 107 Å². The fourth-order valence-corrected chi connectivity index (χ4v) is 2.85. The third kappa shape index (κ3) is 2.04. The number of fused-ring (bicyclic) bond motifs is 1. The molecule has 1 aromatic heterocycles. The first-order valence-corrected chi connectivity index (χ1v) is 6.62. The third-order valence-electron chi connectivity index (χ3n) is 3.75. The summed E-state index contributed by atoms with van der Waals surface area (Å²) in [6, 6.07) is 8.18. The number of hydrazine groups is 1. The molecule has 3 rings (SSSR count). The third-order valence-corrected chi connectivity index (χ3v) is 3.75. The molecule has 94 valence electrons. The minimum absolute atomic E-state index is 0.522. The van der Waals surface area contributed by atoms with Crippen molar-refractivity contribution in [1.82, 2.24) is 9.97 Å². The van der Waals surface area contributed by atoms with Gasteiger partial charge in [-0.25, -0.2) is 15.8 Å². The molecule has 0 radical (unpaired) electrons. The van der Waals surface area contributed by atoms with Crippen molar-refractivity contribution in [2.75, 3.05) is 5.43 Å².